The van der Waals surface area contributed by atoms with Crippen molar-refractivity contribution in [1.29, 1.82) is 0 Å². The molecule has 0 aliphatic heterocycles. The zero-order chi connectivity index (χ0) is 12.8. The van der Waals surface area contributed by atoms with E-state index in [0.717, 1.165) is 12.8 Å². The van der Waals surface area contributed by atoms with Crippen molar-refractivity contribution in [2.75, 3.05) is 6.61 Å². The molecule has 0 atom stereocenters. The van der Waals surface area contributed by atoms with E-state index in [4.69, 9.17) is 4.74 Å². The highest BCUT2D eigenvalue weighted by molar-refractivity contribution is 6.06. The maximum absolute atomic E-state index is 12.3. The maximum atomic E-state index is 12.3. The second-order valence-corrected chi connectivity index (χ2v) is 4.66. The number of ether oxygens (including phenoxy) is 1. The van der Waals surface area contributed by atoms with Crippen LogP contribution in [0.25, 0.3) is 0 Å². The first-order chi connectivity index (χ1) is 8.81. The molecule has 1 fully saturated rings. The number of benzene rings is 1. The van der Waals surface area contributed by atoms with Gasteiger partial charge in [0.1, 0.15) is 5.75 Å². The van der Waals surface area contributed by atoms with Gasteiger partial charge in [-0.2, -0.15) is 0 Å². The van der Waals surface area contributed by atoms with Crippen LogP contribution in [0.2, 0.25) is 0 Å². The number of hydrogen-bond donors (Lipinski definition) is 0. The lowest BCUT2D eigenvalue weighted by atomic mass is 9.93. The lowest BCUT2D eigenvalue weighted by Gasteiger charge is -2.13. The highest BCUT2D eigenvalue weighted by Gasteiger charge is 2.12. The Hall–Kier alpha value is -1.57. The molecule has 0 spiro atoms. The number of carbonyl (C=O) groups is 1. The van der Waals surface area contributed by atoms with E-state index in [1.165, 1.54) is 24.8 Å². The predicted octanol–water partition coefficient (Wildman–Crippen LogP) is 4.16. The first-order valence-corrected chi connectivity index (χ1v) is 6.77. The van der Waals surface area contributed by atoms with Gasteiger partial charge in [0.15, 0.2) is 5.78 Å². The summed E-state index contributed by atoms with van der Waals surface area (Å²) in [7, 11) is 0. The average molecular weight is 244 g/mol. The molecule has 2 nitrogen and oxygen atoms in total. The molecule has 0 heterocycles. The highest BCUT2D eigenvalue weighted by atomic mass is 16.5. The van der Waals surface area contributed by atoms with Crippen molar-refractivity contribution in [2.45, 2.75) is 39.0 Å². The topological polar surface area (TPSA) is 26.3 Å². The molecule has 1 aromatic carbocycles. The van der Waals surface area contributed by atoms with Crippen molar-refractivity contribution < 1.29 is 9.53 Å². The molecule has 18 heavy (non-hydrogen) atoms. The van der Waals surface area contributed by atoms with Gasteiger partial charge in [-0.05, 0) is 50.8 Å². The summed E-state index contributed by atoms with van der Waals surface area (Å²) < 4.78 is 5.50. The molecule has 0 amide bonds. The minimum atomic E-state index is 0.0796. The van der Waals surface area contributed by atoms with Crippen LogP contribution in [0.4, 0.5) is 0 Å². The summed E-state index contributed by atoms with van der Waals surface area (Å²) in [5, 5.41) is 0. The van der Waals surface area contributed by atoms with Crippen LogP contribution in [-0.4, -0.2) is 12.4 Å². The number of ketones is 1. The Morgan fingerprint density at radius 1 is 1.22 bits per heavy atom. The molecule has 1 aliphatic carbocycles. The molecule has 96 valence electrons. The summed E-state index contributed by atoms with van der Waals surface area (Å²) in [4.78, 5) is 12.3. The van der Waals surface area contributed by atoms with Crippen LogP contribution in [0.5, 0.6) is 5.75 Å². The molecule has 2 rings (SSSR count). The molecule has 1 saturated carbocycles. The molecule has 0 unspecified atom stereocenters. The fourth-order valence-corrected chi connectivity index (χ4v) is 2.36. The first-order valence-electron chi connectivity index (χ1n) is 6.77. The molecular formula is C16H20O2. The van der Waals surface area contributed by atoms with Gasteiger partial charge in [0, 0.05) is 0 Å². The summed E-state index contributed by atoms with van der Waals surface area (Å²) in [6, 6.07) is 7.48. The van der Waals surface area contributed by atoms with Gasteiger partial charge in [-0.15, -0.1) is 0 Å². The number of rotatable bonds is 4. The Morgan fingerprint density at radius 3 is 2.67 bits per heavy atom. The Balaban J connectivity index is 2.17. The largest absolute Gasteiger partial charge is 0.493 e. The lowest BCUT2D eigenvalue weighted by Crippen LogP contribution is -2.03. The number of hydrogen-bond acceptors (Lipinski definition) is 2. The number of para-hydroxylation sites is 1. The minimum Gasteiger partial charge on any atom is -0.493 e. The second kappa shape index (κ2) is 6.39. The monoisotopic (exact) mass is 244 g/mol. The molecular weight excluding hydrogens is 224 g/mol. The van der Waals surface area contributed by atoms with Crippen LogP contribution in [0.3, 0.4) is 0 Å². The molecule has 1 aromatic rings. The third-order valence-electron chi connectivity index (χ3n) is 3.28. The Labute approximate surface area is 109 Å². The summed E-state index contributed by atoms with van der Waals surface area (Å²) in [5.74, 6) is 0.772. The van der Waals surface area contributed by atoms with Crippen molar-refractivity contribution in [3.8, 4) is 5.75 Å². The Kier molecular flexibility index (Phi) is 4.57. The average Bonchev–Trinajstić information content (AvgIpc) is 2.41. The molecule has 0 saturated heterocycles. The predicted molar refractivity (Wildman–Crippen MR) is 73.1 cm³/mol. The van der Waals surface area contributed by atoms with E-state index in [2.05, 4.69) is 0 Å². The lowest BCUT2D eigenvalue weighted by molar-refractivity contribution is 0.104. The van der Waals surface area contributed by atoms with E-state index in [-0.39, 0.29) is 5.78 Å². The van der Waals surface area contributed by atoms with Crippen LogP contribution < -0.4 is 4.74 Å². The van der Waals surface area contributed by atoms with Crippen LogP contribution >= 0.6 is 0 Å². The summed E-state index contributed by atoms with van der Waals surface area (Å²) in [6.07, 6.45) is 7.68. The van der Waals surface area contributed by atoms with E-state index in [1.807, 2.05) is 37.3 Å². The van der Waals surface area contributed by atoms with E-state index in [1.54, 1.807) is 0 Å². The smallest absolute Gasteiger partial charge is 0.189 e. The van der Waals surface area contributed by atoms with Crippen LogP contribution in [0.15, 0.2) is 35.9 Å². The van der Waals surface area contributed by atoms with Crippen molar-refractivity contribution in [2.24, 2.45) is 0 Å². The third kappa shape index (κ3) is 3.22. The first kappa shape index (κ1) is 12.9. The Bertz CT molecular complexity index is 438. The van der Waals surface area contributed by atoms with Gasteiger partial charge in [0.2, 0.25) is 0 Å². The van der Waals surface area contributed by atoms with Crippen molar-refractivity contribution in [3.05, 3.63) is 41.5 Å². The second-order valence-electron chi connectivity index (χ2n) is 4.66. The van der Waals surface area contributed by atoms with Gasteiger partial charge in [-0.25, -0.2) is 0 Å². The van der Waals surface area contributed by atoms with Gasteiger partial charge in [0.25, 0.3) is 0 Å². The molecule has 0 bridgehead atoms. The molecule has 0 aromatic heterocycles. The standard InChI is InChI=1S/C16H20O2/c1-2-18-16-11-7-6-10-14(16)15(17)12-13-8-4-3-5-9-13/h6-7,10-12H,2-5,8-9H2,1H3. The fraction of sp³-hybridized carbons (Fsp3) is 0.438. The summed E-state index contributed by atoms with van der Waals surface area (Å²) in [6.45, 7) is 2.52. The maximum Gasteiger partial charge on any atom is 0.189 e. The van der Waals surface area contributed by atoms with Crippen molar-refractivity contribution in [1.82, 2.24) is 0 Å². The van der Waals surface area contributed by atoms with Crippen LogP contribution in [0, 0.1) is 0 Å². The zero-order valence-corrected chi connectivity index (χ0v) is 10.9. The molecule has 0 N–H and O–H groups in total. The minimum absolute atomic E-state index is 0.0796. The fourth-order valence-electron chi connectivity index (χ4n) is 2.36. The molecule has 2 heteroatoms. The van der Waals surface area contributed by atoms with E-state index in [9.17, 15) is 4.79 Å². The van der Waals surface area contributed by atoms with Crippen molar-refractivity contribution >= 4 is 5.78 Å². The number of allylic oxidation sites excluding steroid dienone is 2. The van der Waals surface area contributed by atoms with Gasteiger partial charge in [0.05, 0.1) is 12.2 Å². The SMILES string of the molecule is CCOc1ccccc1C(=O)C=C1CCCCC1. The number of carbonyl (C=O) groups excluding carboxylic acids is 1. The molecule has 1 aliphatic rings. The van der Waals surface area contributed by atoms with E-state index in [0.29, 0.717) is 17.9 Å². The third-order valence-corrected chi connectivity index (χ3v) is 3.28. The van der Waals surface area contributed by atoms with Crippen LogP contribution in [-0.2, 0) is 0 Å². The summed E-state index contributed by atoms with van der Waals surface area (Å²) in [5.41, 5.74) is 1.97. The van der Waals surface area contributed by atoms with E-state index >= 15 is 0 Å². The van der Waals surface area contributed by atoms with Gasteiger partial charge >= 0.3 is 0 Å². The Morgan fingerprint density at radius 2 is 1.94 bits per heavy atom. The van der Waals surface area contributed by atoms with Gasteiger partial charge < -0.3 is 4.74 Å². The molecule has 0 radical (unpaired) electrons. The van der Waals surface area contributed by atoms with Gasteiger partial charge in [-0.3, -0.25) is 4.79 Å². The highest BCUT2D eigenvalue weighted by Crippen LogP contribution is 2.25. The van der Waals surface area contributed by atoms with Crippen molar-refractivity contribution in [3.63, 3.8) is 0 Å². The summed E-state index contributed by atoms with van der Waals surface area (Å²) >= 11 is 0. The van der Waals surface area contributed by atoms with E-state index < -0.39 is 0 Å². The quantitative estimate of drug-likeness (QED) is 0.587. The van der Waals surface area contributed by atoms with Gasteiger partial charge in [-0.1, -0.05) is 24.1 Å². The zero-order valence-electron chi connectivity index (χ0n) is 10.9. The van der Waals surface area contributed by atoms with Crippen LogP contribution in [0.1, 0.15) is 49.4 Å². The normalized spacial score (nSPS) is 15.3.